The molecular formula is C16H19Br2NOS. The van der Waals surface area contributed by atoms with Gasteiger partial charge in [0.2, 0.25) is 0 Å². The van der Waals surface area contributed by atoms with Gasteiger partial charge >= 0.3 is 0 Å². The molecule has 0 aliphatic carbocycles. The van der Waals surface area contributed by atoms with Crippen LogP contribution in [0.1, 0.15) is 31.2 Å². The monoisotopic (exact) mass is 431 g/mol. The smallest absolute Gasteiger partial charge is 0.124 e. The molecule has 21 heavy (non-hydrogen) atoms. The number of hydrogen-bond donors (Lipinski definition) is 1. The lowest BCUT2D eigenvalue weighted by Crippen LogP contribution is -2.35. The van der Waals surface area contributed by atoms with Gasteiger partial charge in [-0.25, -0.2) is 0 Å². The first-order chi connectivity index (χ1) is 9.85. The molecule has 2 aromatic rings. The Labute approximate surface area is 147 Å². The second-order valence-corrected chi connectivity index (χ2v) is 8.61. The predicted molar refractivity (Wildman–Crippen MR) is 97.1 cm³/mol. The van der Waals surface area contributed by atoms with Crippen molar-refractivity contribution in [2.24, 2.45) is 0 Å². The maximum Gasteiger partial charge on any atom is 0.124 e. The summed E-state index contributed by atoms with van der Waals surface area (Å²) in [4.78, 5) is 1.20. The summed E-state index contributed by atoms with van der Waals surface area (Å²) >= 11 is 8.77. The molecule has 1 aromatic carbocycles. The molecule has 0 fully saturated rings. The average Bonchev–Trinajstić information content (AvgIpc) is 2.80. The summed E-state index contributed by atoms with van der Waals surface area (Å²) in [5.41, 5.74) is 1.24. The summed E-state index contributed by atoms with van der Waals surface area (Å²) in [6, 6.07) is 8.19. The van der Waals surface area contributed by atoms with E-state index in [9.17, 15) is 0 Å². The SMILES string of the molecule is CC(C)(C)NCc1cc(Br)ccc1OCc1sccc1Br. The lowest BCUT2D eigenvalue weighted by Gasteiger charge is -2.22. The van der Waals surface area contributed by atoms with E-state index in [1.807, 2.05) is 18.2 Å². The summed E-state index contributed by atoms with van der Waals surface area (Å²) in [6.45, 7) is 7.85. The van der Waals surface area contributed by atoms with Crippen molar-refractivity contribution in [3.63, 3.8) is 0 Å². The molecule has 1 aromatic heterocycles. The highest BCUT2D eigenvalue weighted by Crippen LogP contribution is 2.28. The number of benzene rings is 1. The van der Waals surface area contributed by atoms with E-state index >= 15 is 0 Å². The summed E-state index contributed by atoms with van der Waals surface area (Å²) in [7, 11) is 0. The van der Waals surface area contributed by atoms with E-state index in [2.05, 4.69) is 69.4 Å². The first-order valence-electron chi connectivity index (χ1n) is 6.73. The lowest BCUT2D eigenvalue weighted by atomic mass is 10.1. The van der Waals surface area contributed by atoms with Crippen molar-refractivity contribution in [3.8, 4) is 5.75 Å². The van der Waals surface area contributed by atoms with E-state index in [4.69, 9.17) is 4.74 Å². The second-order valence-electron chi connectivity index (χ2n) is 5.84. The van der Waals surface area contributed by atoms with Crippen LogP contribution in [0.15, 0.2) is 38.6 Å². The molecule has 0 bridgehead atoms. The van der Waals surface area contributed by atoms with Gasteiger partial charge in [-0.1, -0.05) is 15.9 Å². The summed E-state index contributed by atoms with van der Waals surface area (Å²) in [6.07, 6.45) is 0. The standard InChI is InChI=1S/C16H19Br2NOS/c1-16(2,3)19-9-11-8-12(17)4-5-14(11)20-10-15-13(18)6-7-21-15/h4-8,19H,9-10H2,1-3H3. The zero-order chi connectivity index (χ0) is 15.5. The van der Waals surface area contributed by atoms with Gasteiger partial charge in [-0.3, -0.25) is 0 Å². The molecule has 0 radical (unpaired) electrons. The molecule has 0 spiro atoms. The van der Waals surface area contributed by atoms with Crippen LogP contribution in [0.5, 0.6) is 5.75 Å². The van der Waals surface area contributed by atoms with Crippen molar-refractivity contribution < 1.29 is 4.74 Å². The van der Waals surface area contributed by atoms with Gasteiger partial charge in [0.15, 0.2) is 0 Å². The number of nitrogens with one attached hydrogen (secondary N) is 1. The van der Waals surface area contributed by atoms with Crippen molar-refractivity contribution in [2.75, 3.05) is 0 Å². The van der Waals surface area contributed by atoms with Gasteiger partial charge in [-0.2, -0.15) is 0 Å². The minimum Gasteiger partial charge on any atom is -0.488 e. The van der Waals surface area contributed by atoms with Crippen molar-refractivity contribution >= 4 is 43.2 Å². The quantitative estimate of drug-likeness (QED) is 0.650. The Morgan fingerprint density at radius 3 is 2.57 bits per heavy atom. The number of halogens is 2. The number of rotatable bonds is 5. The van der Waals surface area contributed by atoms with Crippen LogP contribution in [-0.2, 0) is 13.2 Å². The van der Waals surface area contributed by atoms with E-state index in [-0.39, 0.29) is 5.54 Å². The Morgan fingerprint density at radius 1 is 1.19 bits per heavy atom. The molecule has 0 aliphatic rings. The average molecular weight is 433 g/mol. The first kappa shape index (κ1) is 17.0. The zero-order valence-corrected chi connectivity index (χ0v) is 16.4. The molecule has 1 N–H and O–H groups in total. The molecule has 0 aliphatic heterocycles. The number of thiophene rings is 1. The van der Waals surface area contributed by atoms with Crippen LogP contribution in [0.4, 0.5) is 0 Å². The van der Waals surface area contributed by atoms with Crippen LogP contribution >= 0.6 is 43.2 Å². The van der Waals surface area contributed by atoms with E-state index in [1.54, 1.807) is 11.3 Å². The maximum atomic E-state index is 6.00. The molecule has 0 saturated carbocycles. The molecule has 2 nitrogen and oxygen atoms in total. The van der Waals surface area contributed by atoms with Crippen molar-refractivity contribution in [3.05, 3.63) is 49.0 Å². The third-order valence-corrected chi connectivity index (χ3v) is 5.27. The Hall–Kier alpha value is -0.360. The van der Waals surface area contributed by atoms with Gasteiger partial charge in [0.05, 0.1) is 4.88 Å². The lowest BCUT2D eigenvalue weighted by molar-refractivity contribution is 0.303. The first-order valence-corrected chi connectivity index (χ1v) is 9.20. The number of hydrogen-bond acceptors (Lipinski definition) is 3. The molecule has 5 heteroatoms. The van der Waals surface area contributed by atoms with Crippen LogP contribution in [0.25, 0.3) is 0 Å². The summed E-state index contributed by atoms with van der Waals surface area (Å²) in [5, 5.41) is 5.56. The molecule has 0 atom stereocenters. The third-order valence-electron chi connectivity index (χ3n) is 2.88. The highest BCUT2D eigenvalue weighted by atomic mass is 79.9. The molecule has 1 heterocycles. The van der Waals surface area contributed by atoms with Crippen LogP contribution in [0.2, 0.25) is 0 Å². The van der Waals surface area contributed by atoms with Gasteiger partial charge in [0.25, 0.3) is 0 Å². The van der Waals surface area contributed by atoms with Gasteiger partial charge in [-0.15, -0.1) is 11.3 Å². The maximum absolute atomic E-state index is 6.00. The third kappa shape index (κ3) is 5.40. The molecule has 0 amide bonds. The van der Waals surface area contributed by atoms with Crippen LogP contribution < -0.4 is 10.1 Å². The molecule has 0 unspecified atom stereocenters. The fraction of sp³-hybridized carbons (Fsp3) is 0.375. The highest BCUT2D eigenvalue weighted by Gasteiger charge is 2.12. The fourth-order valence-corrected chi connectivity index (χ4v) is 3.55. The van der Waals surface area contributed by atoms with E-state index in [0.29, 0.717) is 6.61 Å². The van der Waals surface area contributed by atoms with Gasteiger partial charge in [0, 0.05) is 26.6 Å². The number of ether oxygens (including phenoxy) is 1. The fourth-order valence-electron chi connectivity index (χ4n) is 1.76. The van der Waals surface area contributed by atoms with Crippen molar-refractivity contribution in [1.29, 1.82) is 0 Å². The minimum absolute atomic E-state index is 0.0797. The summed E-state index contributed by atoms with van der Waals surface area (Å²) in [5.74, 6) is 0.926. The predicted octanol–water partition coefficient (Wildman–Crippen LogP) is 5.74. The van der Waals surface area contributed by atoms with Crippen LogP contribution in [-0.4, -0.2) is 5.54 Å². The van der Waals surface area contributed by atoms with E-state index < -0.39 is 0 Å². The van der Waals surface area contributed by atoms with Crippen LogP contribution in [0, 0.1) is 0 Å². The minimum atomic E-state index is 0.0797. The topological polar surface area (TPSA) is 21.3 Å². The Kier molecular flexibility index (Phi) is 5.88. The zero-order valence-electron chi connectivity index (χ0n) is 12.4. The molecular weight excluding hydrogens is 414 g/mol. The second kappa shape index (κ2) is 7.27. The van der Waals surface area contributed by atoms with Gasteiger partial charge in [-0.05, 0) is 66.3 Å². The molecule has 0 saturated heterocycles. The van der Waals surface area contributed by atoms with E-state index in [1.165, 1.54) is 4.88 Å². The van der Waals surface area contributed by atoms with Gasteiger partial charge in [0.1, 0.15) is 12.4 Å². The van der Waals surface area contributed by atoms with Crippen molar-refractivity contribution in [1.82, 2.24) is 5.32 Å². The molecule has 114 valence electrons. The normalized spacial score (nSPS) is 11.7. The summed E-state index contributed by atoms with van der Waals surface area (Å²) < 4.78 is 8.18. The van der Waals surface area contributed by atoms with Gasteiger partial charge < -0.3 is 10.1 Å². The Bertz CT molecular complexity index is 605. The van der Waals surface area contributed by atoms with E-state index in [0.717, 1.165) is 26.8 Å². The molecule has 2 rings (SSSR count). The highest BCUT2D eigenvalue weighted by molar-refractivity contribution is 9.10. The Morgan fingerprint density at radius 2 is 1.95 bits per heavy atom. The largest absolute Gasteiger partial charge is 0.488 e. The van der Waals surface area contributed by atoms with Crippen molar-refractivity contribution in [2.45, 2.75) is 39.5 Å². The van der Waals surface area contributed by atoms with Crippen LogP contribution in [0.3, 0.4) is 0 Å². The Balaban J connectivity index is 2.09.